The molecule has 1 aromatic carbocycles. The number of piperazine rings is 1. The van der Waals surface area contributed by atoms with Gasteiger partial charge in [-0.1, -0.05) is 19.1 Å². The molecule has 0 atom stereocenters. The van der Waals surface area contributed by atoms with E-state index in [1.54, 1.807) is 19.1 Å². The lowest BCUT2D eigenvalue weighted by Crippen LogP contribution is -2.44. The second kappa shape index (κ2) is 6.50. The Bertz CT molecular complexity index is 491. The molecule has 4 nitrogen and oxygen atoms in total. The molecule has 19 heavy (non-hydrogen) atoms. The van der Waals surface area contributed by atoms with Crippen LogP contribution < -0.4 is 5.32 Å². The highest BCUT2D eigenvalue weighted by molar-refractivity contribution is 7.91. The molecule has 0 spiro atoms. The molecule has 0 unspecified atom stereocenters. The highest BCUT2D eigenvalue weighted by Crippen LogP contribution is 2.13. The zero-order valence-corrected chi connectivity index (χ0v) is 12.2. The summed E-state index contributed by atoms with van der Waals surface area (Å²) < 4.78 is 23.4. The average Bonchev–Trinajstić information content (AvgIpc) is 2.47. The largest absolute Gasteiger partial charge is 0.314 e. The third-order valence-electron chi connectivity index (χ3n) is 3.59. The van der Waals surface area contributed by atoms with Crippen LogP contribution in [0.1, 0.15) is 12.5 Å². The molecule has 0 amide bonds. The predicted molar refractivity (Wildman–Crippen MR) is 77.2 cm³/mol. The van der Waals surface area contributed by atoms with Gasteiger partial charge in [-0.25, -0.2) is 8.42 Å². The smallest absolute Gasteiger partial charge is 0.178 e. The molecule has 1 aliphatic heterocycles. The van der Waals surface area contributed by atoms with Gasteiger partial charge in [0.1, 0.15) is 0 Å². The molecule has 0 saturated carbocycles. The zero-order chi connectivity index (χ0) is 13.7. The van der Waals surface area contributed by atoms with Gasteiger partial charge in [0.15, 0.2) is 9.84 Å². The molecule has 2 rings (SSSR count). The average molecular weight is 282 g/mol. The van der Waals surface area contributed by atoms with Gasteiger partial charge in [0.25, 0.3) is 0 Å². The molecule has 0 aliphatic carbocycles. The Morgan fingerprint density at radius 2 is 1.79 bits per heavy atom. The number of rotatable bonds is 5. The van der Waals surface area contributed by atoms with Crippen molar-refractivity contribution in [2.24, 2.45) is 0 Å². The Morgan fingerprint density at radius 1 is 1.16 bits per heavy atom. The maximum Gasteiger partial charge on any atom is 0.178 e. The van der Waals surface area contributed by atoms with Crippen molar-refractivity contribution < 1.29 is 8.42 Å². The van der Waals surface area contributed by atoms with Crippen LogP contribution in [0.5, 0.6) is 0 Å². The Kier molecular flexibility index (Phi) is 4.96. The van der Waals surface area contributed by atoms with Crippen molar-refractivity contribution in [2.75, 3.05) is 38.5 Å². The van der Waals surface area contributed by atoms with Gasteiger partial charge in [0.05, 0.1) is 10.6 Å². The van der Waals surface area contributed by atoms with Crippen LogP contribution >= 0.6 is 0 Å². The van der Waals surface area contributed by atoms with Crippen molar-refractivity contribution >= 4 is 9.84 Å². The number of hydrogen-bond acceptors (Lipinski definition) is 4. The van der Waals surface area contributed by atoms with Gasteiger partial charge < -0.3 is 10.2 Å². The van der Waals surface area contributed by atoms with E-state index in [0.29, 0.717) is 4.90 Å². The summed E-state index contributed by atoms with van der Waals surface area (Å²) in [6.07, 6.45) is 0.979. The first kappa shape index (κ1) is 14.5. The Hall–Kier alpha value is -0.910. The van der Waals surface area contributed by atoms with Gasteiger partial charge in [-0.2, -0.15) is 0 Å². The minimum Gasteiger partial charge on any atom is -0.314 e. The molecule has 1 aliphatic rings. The van der Waals surface area contributed by atoms with Crippen LogP contribution in [0.3, 0.4) is 0 Å². The third kappa shape index (κ3) is 4.03. The van der Waals surface area contributed by atoms with Gasteiger partial charge in [0.2, 0.25) is 0 Å². The van der Waals surface area contributed by atoms with Crippen LogP contribution in [-0.4, -0.2) is 51.8 Å². The van der Waals surface area contributed by atoms with E-state index < -0.39 is 9.84 Å². The predicted octanol–water partition coefficient (Wildman–Crippen LogP) is 0.928. The quantitative estimate of drug-likeness (QED) is 0.873. The van der Waals surface area contributed by atoms with Crippen LogP contribution in [-0.2, 0) is 16.3 Å². The van der Waals surface area contributed by atoms with Gasteiger partial charge >= 0.3 is 0 Å². The second-order valence-corrected chi connectivity index (χ2v) is 7.17. The molecule has 1 aromatic rings. The van der Waals surface area contributed by atoms with Crippen molar-refractivity contribution in [2.45, 2.75) is 18.2 Å². The second-order valence-electron chi connectivity index (χ2n) is 4.89. The fraction of sp³-hybridized carbons (Fsp3) is 0.571. The number of nitrogens with one attached hydrogen (secondary N) is 1. The minimum atomic E-state index is -3.07. The Labute approximate surface area is 115 Å². The molecular weight excluding hydrogens is 260 g/mol. The van der Waals surface area contributed by atoms with Crippen molar-refractivity contribution in [1.29, 1.82) is 0 Å². The molecule has 0 aromatic heterocycles. The first-order valence-electron chi connectivity index (χ1n) is 6.86. The van der Waals surface area contributed by atoms with Gasteiger partial charge in [-0.3, -0.25) is 0 Å². The van der Waals surface area contributed by atoms with Gasteiger partial charge in [-0.15, -0.1) is 0 Å². The minimum absolute atomic E-state index is 0.160. The van der Waals surface area contributed by atoms with E-state index in [9.17, 15) is 8.42 Å². The fourth-order valence-electron chi connectivity index (χ4n) is 2.25. The molecule has 1 N–H and O–H groups in total. The summed E-state index contributed by atoms with van der Waals surface area (Å²) in [5.74, 6) is 0.160. The molecule has 106 valence electrons. The SMILES string of the molecule is CCS(=O)(=O)c1ccc(CCN2CCNCC2)cc1. The van der Waals surface area contributed by atoms with Crippen molar-refractivity contribution in [3.8, 4) is 0 Å². The molecular formula is C14H22N2O2S. The van der Waals surface area contributed by atoms with E-state index in [4.69, 9.17) is 0 Å². The maximum atomic E-state index is 11.7. The third-order valence-corrected chi connectivity index (χ3v) is 5.34. The zero-order valence-electron chi connectivity index (χ0n) is 11.4. The topological polar surface area (TPSA) is 49.4 Å². The van der Waals surface area contributed by atoms with Crippen LogP contribution in [0.15, 0.2) is 29.2 Å². The van der Waals surface area contributed by atoms with E-state index in [1.165, 1.54) is 5.56 Å². The lowest BCUT2D eigenvalue weighted by molar-refractivity contribution is 0.244. The first-order chi connectivity index (χ1) is 9.12. The van der Waals surface area contributed by atoms with E-state index in [2.05, 4.69) is 10.2 Å². The van der Waals surface area contributed by atoms with E-state index >= 15 is 0 Å². The van der Waals surface area contributed by atoms with E-state index in [-0.39, 0.29) is 5.75 Å². The van der Waals surface area contributed by atoms with Crippen LogP contribution in [0.2, 0.25) is 0 Å². The van der Waals surface area contributed by atoms with E-state index in [1.807, 2.05) is 12.1 Å². The maximum absolute atomic E-state index is 11.7. The number of nitrogens with zero attached hydrogens (tertiary/aromatic N) is 1. The van der Waals surface area contributed by atoms with Crippen LogP contribution in [0.25, 0.3) is 0 Å². The lowest BCUT2D eigenvalue weighted by atomic mass is 10.1. The molecule has 1 heterocycles. The Balaban J connectivity index is 1.91. The summed E-state index contributed by atoms with van der Waals surface area (Å²) in [7, 11) is -3.07. The molecule has 5 heteroatoms. The van der Waals surface area contributed by atoms with Crippen LogP contribution in [0.4, 0.5) is 0 Å². The highest BCUT2D eigenvalue weighted by atomic mass is 32.2. The highest BCUT2D eigenvalue weighted by Gasteiger charge is 2.12. The molecule has 1 fully saturated rings. The van der Waals surface area contributed by atoms with Gasteiger partial charge in [0, 0.05) is 32.7 Å². The summed E-state index contributed by atoms with van der Waals surface area (Å²) >= 11 is 0. The van der Waals surface area contributed by atoms with Gasteiger partial charge in [-0.05, 0) is 24.1 Å². The normalized spacial score (nSPS) is 17.5. The van der Waals surface area contributed by atoms with E-state index in [0.717, 1.165) is 39.1 Å². The number of hydrogen-bond donors (Lipinski definition) is 1. The van der Waals surface area contributed by atoms with Crippen molar-refractivity contribution in [3.63, 3.8) is 0 Å². The number of benzene rings is 1. The summed E-state index contributed by atoms with van der Waals surface area (Å²) in [5, 5.41) is 3.34. The number of sulfone groups is 1. The Morgan fingerprint density at radius 3 is 2.37 bits per heavy atom. The molecule has 0 bridgehead atoms. The summed E-state index contributed by atoms with van der Waals surface area (Å²) in [4.78, 5) is 2.87. The lowest BCUT2D eigenvalue weighted by Gasteiger charge is -2.27. The summed E-state index contributed by atoms with van der Waals surface area (Å²) in [5.41, 5.74) is 1.20. The summed E-state index contributed by atoms with van der Waals surface area (Å²) in [6, 6.07) is 7.33. The van der Waals surface area contributed by atoms with Crippen LogP contribution in [0, 0.1) is 0 Å². The fourth-order valence-corrected chi connectivity index (χ4v) is 3.14. The molecule has 0 radical (unpaired) electrons. The summed E-state index contributed by atoms with van der Waals surface area (Å²) in [6.45, 7) is 7.04. The van der Waals surface area contributed by atoms with Crippen molar-refractivity contribution in [1.82, 2.24) is 10.2 Å². The van der Waals surface area contributed by atoms with Crippen molar-refractivity contribution in [3.05, 3.63) is 29.8 Å². The first-order valence-corrected chi connectivity index (χ1v) is 8.52. The monoisotopic (exact) mass is 282 g/mol. The standard InChI is InChI=1S/C14H22N2O2S/c1-2-19(17,18)14-5-3-13(4-6-14)7-10-16-11-8-15-9-12-16/h3-6,15H,2,7-12H2,1H3. The molecule has 1 saturated heterocycles.